The fourth-order valence-corrected chi connectivity index (χ4v) is 2.44. The van der Waals surface area contributed by atoms with Crippen molar-refractivity contribution in [2.75, 3.05) is 31.5 Å². The highest BCUT2D eigenvalue weighted by Gasteiger charge is 2.22. The first-order valence-corrected chi connectivity index (χ1v) is 7.19. The molecule has 0 spiro atoms. The van der Waals surface area contributed by atoms with Gasteiger partial charge in [-0.1, -0.05) is 23.2 Å². The Morgan fingerprint density at radius 1 is 1.20 bits per heavy atom. The van der Waals surface area contributed by atoms with Crippen molar-refractivity contribution in [3.05, 3.63) is 28.2 Å². The van der Waals surface area contributed by atoms with E-state index in [0.29, 0.717) is 47.0 Å². The van der Waals surface area contributed by atoms with Crippen LogP contribution in [0.4, 0.5) is 10.5 Å². The highest BCUT2D eigenvalue weighted by molar-refractivity contribution is 7.80. The summed E-state index contributed by atoms with van der Waals surface area (Å²) in [5.74, 6) is 0. The number of nitrogens with zero attached hydrogens (tertiary/aromatic N) is 2. The Kier molecular flexibility index (Phi) is 4.91. The van der Waals surface area contributed by atoms with Crippen LogP contribution in [-0.2, 0) is 0 Å². The number of rotatable bonds is 1. The van der Waals surface area contributed by atoms with Gasteiger partial charge in [-0.3, -0.25) is 0 Å². The molecule has 0 radical (unpaired) electrons. The van der Waals surface area contributed by atoms with Gasteiger partial charge in [-0.25, -0.2) is 4.79 Å². The van der Waals surface area contributed by atoms with Crippen molar-refractivity contribution in [1.29, 1.82) is 0 Å². The summed E-state index contributed by atoms with van der Waals surface area (Å²) >= 11 is 16.8. The van der Waals surface area contributed by atoms with E-state index in [4.69, 9.17) is 41.2 Å². The smallest absolute Gasteiger partial charge is 0.322 e. The maximum atomic E-state index is 12.1. The van der Waals surface area contributed by atoms with Crippen LogP contribution in [0.5, 0.6) is 0 Å². The SMILES string of the molecule is NC(=S)N1CCN(C(=O)Nc2cc(Cl)ccc2Cl)CC1. The number of nitrogens with two attached hydrogens (primary N) is 1. The third-order valence-corrected chi connectivity index (χ3v) is 3.87. The van der Waals surface area contributed by atoms with E-state index < -0.39 is 0 Å². The van der Waals surface area contributed by atoms with E-state index in [9.17, 15) is 4.79 Å². The Morgan fingerprint density at radius 3 is 2.40 bits per heavy atom. The molecule has 1 aliphatic heterocycles. The molecule has 5 nitrogen and oxygen atoms in total. The first-order valence-electron chi connectivity index (χ1n) is 6.03. The van der Waals surface area contributed by atoms with Gasteiger partial charge in [0.15, 0.2) is 5.11 Å². The third kappa shape index (κ3) is 3.65. The molecule has 3 N–H and O–H groups in total. The molecule has 0 unspecified atom stereocenters. The van der Waals surface area contributed by atoms with Crippen LogP contribution in [0.1, 0.15) is 0 Å². The number of nitrogens with one attached hydrogen (secondary N) is 1. The molecule has 1 aromatic carbocycles. The van der Waals surface area contributed by atoms with E-state index in [0.717, 1.165) is 0 Å². The highest BCUT2D eigenvalue weighted by Crippen LogP contribution is 2.25. The number of carbonyl (C=O) groups is 1. The molecule has 0 bridgehead atoms. The number of carbonyl (C=O) groups excluding carboxylic acids is 1. The molecule has 1 aliphatic rings. The minimum absolute atomic E-state index is 0.211. The monoisotopic (exact) mass is 332 g/mol. The number of urea groups is 1. The number of halogens is 2. The summed E-state index contributed by atoms with van der Waals surface area (Å²) < 4.78 is 0. The topological polar surface area (TPSA) is 61.6 Å². The fraction of sp³-hybridized carbons (Fsp3) is 0.333. The zero-order valence-corrected chi connectivity index (χ0v) is 12.9. The predicted octanol–water partition coefficient (Wildman–Crippen LogP) is 2.39. The van der Waals surface area contributed by atoms with Crippen LogP contribution in [0.2, 0.25) is 10.0 Å². The van der Waals surface area contributed by atoms with E-state index >= 15 is 0 Å². The molecule has 20 heavy (non-hydrogen) atoms. The average Bonchev–Trinajstić information content (AvgIpc) is 2.43. The number of benzene rings is 1. The van der Waals surface area contributed by atoms with Gasteiger partial charge in [0.05, 0.1) is 10.7 Å². The molecule has 0 saturated carbocycles. The minimum Gasteiger partial charge on any atom is -0.376 e. The maximum absolute atomic E-state index is 12.1. The Bertz CT molecular complexity index is 532. The van der Waals surface area contributed by atoms with Crippen molar-refractivity contribution in [2.45, 2.75) is 0 Å². The molecule has 8 heteroatoms. The number of thiocarbonyl (C=S) groups is 1. The minimum atomic E-state index is -0.211. The molecule has 0 atom stereocenters. The number of anilines is 1. The summed E-state index contributed by atoms with van der Waals surface area (Å²) in [5, 5.41) is 4.08. The van der Waals surface area contributed by atoms with E-state index in [1.54, 1.807) is 23.1 Å². The third-order valence-electron chi connectivity index (χ3n) is 3.05. The van der Waals surface area contributed by atoms with E-state index in [1.807, 2.05) is 4.90 Å². The number of hydrogen-bond acceptors (Lipinski definition) is 2. The standard InChI is InChI=1S/C12H14Cl2N4OS/c13-8-1-2-9(14)10(7-8)16-12(19)18-5-3-17(4-6-18)11(15)20/h1-2,7H,3-6H2,(H2,15,20)(H,16,19). The van der Waals surface area contributed by atoms with Crippen LogP contribution in [0.3, 0.4) is 0 Å². The first kappa shape index (κ1) is 15.2. The van der Waals surface area contributed by atoms with Crippen LogP contribution in [0.25, 0.3) is 0 Å². The normalized spacial score (nSPS) is 15.1. The summed E-state index contributed by atoms with van der Waals surface area (Å²) in [4.78, 5) is 15.7. The summed E-state index contributed by atoms with van der Waals surface area (Å²) in [6, 6.07) is 4.72. The van der Waals surface area contributed by atoms with Crippen molar-refractivity contribution in [3.63, 3.8) is 0 Å². The predicted molar refractivity (Wildman–Crippen MR) is 85.4 cm³/mol. The van der Waals surface area contributed by atoms with Crippen molar-refractivity contribution >= 4 is 52.3 Å². The van der Waals surface area contributed by atoms with Crippen LogP contribution in [0, 0.1) is 0 Å². The first-order chi connectivity index (χ1) is 9.47. The van der Waals surface area contributed by atoms with Crippen molar-refractivity contribution in [1.82, 2.24) is 9.80 Å². The Balaban J connectivity index is 1.96. The molecule has 2 amide bonds. The lowest BCUT2D eigenvalue weighted by atomic mass is 10.3. The molecular weight excluding hydrogens is 319 g/mol. The van der Waals surface area contributed by atoms with Gasteiger partial charge in [0.1, 0.15) is 0 Å². The second-order valence-corrected chi connectivity index (χ2v) is 5.63. The van der Waals surface area contributed by atoms with Gasteiger partial charge < -0.3 is 20.9 Å². The number of piperazine rings is 1. The van der Waals surface area contributed by atoms with Crippen LogP contribution in [0.15, 0.2) is 18.2 Å². The molecule has 1 heterocycles. The molecular formula is C12H14Cl2N4OS. The lowest BCUT2D eigenvalue weighted by molar-refractivity contribution is 0.182. The summed E-state index contributed by atoms with van der Waals surface area (Å²) in [6.07, 6.45) is 0. The van der Waals surface area contributed by atoms with E-state index in [1.165, 1.54) is 0 Å². The maximum Gasteiger partial charge on any atom is 0.322 e. The lowest BCUT2D eigenvalue weighted by Gasteiger charge is -2.35. The molecule has 2 rings (SSSR count). The molecule has 0 aromatic heterocycles. The van der Waals surface area contributed by atoms with Gasteiger partial charge in [0.25, 0.3) is 0 Å². The number of amides is 2. The van der Waals surface area contributed by atoms with Gasteiger partial charge in [-0.05, 0) is 30.4 Å². The Labute approximate surface area is 132 Å². The largest absolute Gasteiger partial charge is 0.376 e. The van der Waals surface area contributed by atoms with Crippen molar-refractivity contribution in [2.24, 2.45) is 5.73 Å². The second-order valence-electron chi connectivity index (χ2n) is 4.37. The van der Waals surface area contributed by atoms with Crippen LogP contribution >= 0.6 is 35.4 Å². The van der Waals surface area contributed by atoms with E-state index in [-0.39, 0.29) is 6.03 Å². The van der Waals surface area contributed by atoms with Gasteiger partial charge >= 0.3 is 6.03 Å². The summed E-state index contributed by atoms with van der Waals surface area (Å²) in [6.45, 7) is 2.38. The Morgan fingerprint density at radius 2 is 1.80 bits per heavy atom. The van der Waals surface area contributed by atoms with Gasteiger partial charge in [0.2, 0.25) is 0 Å². The highest BCUT2D eigenvalue weighted by atomic mass is 35.5. The lowest BCUT2D eigenvalue weighted by Crippen LogP contribution is -2.52. The quantitative estimate of drug-likeness (QED) is 0.775. The van der Waals surface area contributed by atoms with Crippen molar-refractivity contribution in [3.8, 4) is 0 Å². The van der Waals surface area contributed by atoms with Gasteiger partial charge in [-0.15, -0.1) is 0 Å². The van der Waals surface area contributed by atoms with E-state index in [2.05, 4.69) is 5.32 Å². The molecule has 0 aliphatic carbocycles. The number of hydrogen-bond donors (Lipinski definition) is 2. The molecule has 1 fully saturated rings. The average molecular weight is 333 g/mol. The van der Waals surface area contributed by atoms with Crippen molar-refractivity contribution < 1.29 is 4.79 Å². The van der Waals surface area contributed by atoms with Crippen LogP contribution < -0.4 is 11.1 Å². The summed E-state index contributed by atoms with van der Waals surface area (Å²) in [5.41, 5.74) is 6.06. The van der Waals surface area contributed by atoms with Crippen LogP contribution in [-0.4, -0.2) is 47.1 Å². The van der Waals surface area contributed by atoms with Gasteiger partial charge in [0, 0.05) is 31.2 Å². The van der Waals surface area contributed by atoms with Gasteiger partial charge in [-0.2, -0.15) is 0 Å². The Hall–Kier alpha value is -1.24. The zero-order valence-electron chi connectivity index (χ0n) is 10.6. The zero-order chi connectivity index (χ0) is 14.7. The molecule has 1 saturated heterocycles. The summed E-state index contributed by atoms with van der Waals surface area (Å²) in [7, 11) is 0. The second kappa shape index (κ2) is 6.47. The molecule has 108 valence electrons. The fourth-order valence-electron chi connectivity index (χ4n) is 1.92. The molecule has 1 aromatic rings.